The number of Topliss-reactive ketones (excluding diaryl/α,β-unsaturated/α-hetero) is 1. The van der Waals surface area contributed by atoms with Crippen LogP contribution >= 0.6 is 0 Å². The van der Waals surface area contributed by atoms with Crippen molar-refractivity contribution in [2.24, 2.45) is 10.3 Å². The second-order valence-electron chi connectivity index (χ2n) is 2.66. The lowest BCUT2D eigenvalue weighted by Crippen LogP contribution is -2.25. The fourth-order valence-electron chi connectivity index (χ4n) is 1.18. The van der Waals surface area contributed by atoms with Crippen molar-refractivity contribution in [2.45, 2.75) is 19.3 Å². The van der Waals surface area contributed by atoms with Crippen molar-refractivity contribution in [1.29, 1.82) is 0 Å². The molecule has 1 aliphatic carbocycles. The van der Waals surface area contributed by atoms with Crippen LogP contribution in [-0.4, -0.2) is 31.4 Å². The van der Waals surface area contributed by atoms with Crippen molar-refractivity contribution >= 4 is 17.2 Å². The Morgan fingerprint density at radius 1 is 1.08 bits per heavy atom. The van der Waals surface area contributed by atoms with E-state index in [9.17, 15) is 4.79 Å². The fourth-order valence-corrected chi connectivity index (χ4v) is 1.18. The predicted molar refractivity (Wildman–Crippen MR) is 47.7 cm³/mol. The van der Waals surface area contributed by atoms with Crippen LogP contribution in [0.2, 0.25) is 0 Å². The first-order chi connectivity index (χ1) is 6.27. The smallest absolute Gasteiger partial charge is 0.139 e. The van der Waals surface area contributed by atoms with Crippen LogP contribution in [0.3, 0.4) is 0 Å². The molecule has 0 saturated heterocycles. The Labute approximate surface area is 76.4 Å². The zero-order chi connectivity index (χ0) is 9.68. The topological polar surface area (TPSA) is 60.2 Å². The molecule has 0 aromatic heterocycles. The number of hydrogen-bond acceptors (Lipinski definition) is 5. The number of ketones is 1. The molecule has 5 nitrogen and oxygen atoms in total. The van der Waals surface area contributed by atoms with Crippen LogP contribution in [0.4, 0.5) is 0 Å². The van der Waals surface area contributed by atoms with Gasteiger partial charge in [-0.25, -0.2) is 0 Å². The molecule has 13 heavy (non-hydrogen) atoms. The quantitative estimate of drug-likeness (QED) is 0.595. The average Bonchev–Trinajstić information content (AvgIpc) is 2.10. The molecule has 0 bridgehead atoms. The molecule has 0 amide bonds. The molecule has 1 saturated carbocycles. The fraction of sp³-hybridized carbons (Fsp3) is 0.625. The molecule has 0 heterocycles. The first kappa shape index (κ1) is 9.70. The van der Waals surface area contributed by atoms with Gasteiger partial charge in [0.2, 0.25) is 0 Å². The van der Waals surface area contributed by atoms with E-state index in [2.05, 4.69) is 20.0 Å². The highest BCUT2D eigenvalue weighted by molar-refractivity contribution is 6.46. The van der Waals surface area contributed by atoms with Crippen LogP contribution in [0.1, 0.15) is 19.3 Å². The lowest BCUT2D eigenvalue weighted by atomic mass is 9.95. The summed E-state index contributed by atoms with van der Waals surface area (Å²) in [6.07, 6.45) is 1.37. The summed E-state index contributed by atoms with van der Waals surface area (Å²) in [5.41, 5.74) is 1.27. The van der Waals surface area contributed by atoms with Gasteiger partial charge in [-0.15, -0.1) is 0 Å². The van der Waals surface area contributed by atoms with Crippen molar-refractivity contribution in [2.75, 3.05) is 14.2 Å². The van der Waals surface area contributed by atoms with Crippen molar-refractivity contribution in [3.8, 4) is 0 Å². The molecule has 0 unspecified atom stereocenters. The molecule has 5 heteroatoms. The van der Waals surface area contributed by atoms with Gasteiger partial charge in [0.25, 0.3) is 0 Å². The van der Waals surface area contributed by atoms with Gasteiger partial charge in [-0.1, -0.05) is 10.3 Å². The van der Waals surface area contributed by atoms with Crippen LogP contribution in [0.5, 0.6) is 0 Å². The highest BCUT2D eigenvalue weighted by atomic mass is 16.6. The largest absolute Gasteiger partial charge is 0.399 e. The Balaban J connectivity index is 2.78. The lowest BCUT2D eigenvalue weighted by molar-refractivity contribution is -0.118. The molecule has 0 aliphatic heterocycles. The number of nitrogens with zero attached hydrogens (tertiary/aromatic N) is 2. The van der Waals surface area contributed by atoms with E-state index >= 15 is 0 Å². The van der Waals surface area contributed by atoms with Crippen LogP contribution in [-0.2, 0) is 14.5 Å². The monoisotopic (exact) mass is 184 g/mol. The van der Waals surface area contributed by atoms with E-state index < -0.39 is 0 Å². The van der Waals surface area contributed by atoms with Gasteiger partial charge in [0.05, 0.1) is 6.42 Å². The van der Waals surface area contributed by atoms with Gasteiger partial charge >= 0.3 is 0 Å². The Bertz CT molecular complexity index is 258. The number of carbonyl (C=O) groups excluding carboxylic acids is 1. The van der Waals surface area contributed by atoms with E-state index in [1.54, 1.807) is 0 Å². The molecule has 1 fully saturated rings. The summed E-state index contributed by atoms with van der Waals surface area (Å²) in [6.45, 7) is 0. The first-order valence-corrected chi connectivity index (χ1v) is 4.00. The molecule has 0 spiro atoms. The standard InChI is InChI=1S/C8H12N2O3/c1-12-9-7-4-3-6(11)5-8(7)10-13-2/h3-5H2,1-2H3/b9-7-,10-8+. The lowest BCUT2D eigenvalue weighted by Gasteiger charge is -2.12. The number of rotatable bonds is 2. The number of hydrogen-bond donors (Lipinski definition) is 0. The van der Waals surface area contributed by atoms with Crippen molar-refractivity contribution < 1.29 is 14.5 Å². The molecule has 0 radical (unpaired) electrons. The van der Waals surface area contributed by atoms with E-state index in [-0.39, 0.29) is 12.2 Å². The third-order valence-electron chi connectivity index (χ3n) is 1.74. The summed E-state index contributed by atoms with van der Waals surface area (Å²) in [7, 11) is 2.91. The summed E-state index contributed by atoms with van der Waals surface area (Å²) in [5.74, 6) is 0.158. The number of oxime groups is 2. The van der Waals surface area contributed by atoms with Crippen LogP contribution < -0.4 is 0 Å². The Hall–Kier alpha value is -1.39. The van der Waals surface area contributed by atoms with Gasteiger partial charge in [0.15, 0.2) is 0 Å². The second kappa shape index (κ2) is 4.59. The Kier molecular flexibility index (Phi) is 3.42. The van der Waals surface area contributed by atoms with Crippen molar-refractivity contribution in [1.82, 2.24) is 0 Å². The van der Waals surface area contributed by atoms with E-state index in [4.69, 9.17) is 0 Å². The Morgan fingerprint density at radius 3 is 2.31 bits per heavy atom. The minimum Gasteiger partial charge on any atom is -0.399 e. The van der Waals surface area contributed by atoms with Gasteiger partial charge in [-0.05, 0) is 0 Å². The molecular weight excluding hydrogens is 172 g/mol. The highest BCUT2D eigenvalue weighted by Gasteiger charge is 2.22. The maximum Gasteiger partial charge on any atom is 0.139 e. The van der Waals surface area contributed by atoms with Gasteiger partial charge in [-0.2, -0.15) is 0 Å². The molecule has 0 aromatic rings. The van der Waals surface area contributed by atoms with E-state index in [0.717, 1.165) is 0 Å². The SMILES string of the molecule is CO/N=C1/CCC(=O)C/C1=N\OC. The first-order valence-electron chi connectivity index (χ1n) is 4.00. The highest BCUT2D eigenvalue weighted by Crippen LogP contribution is 2.10. The zero-order valence-electron chi connectivity index (χ0n) is 7.74. The number of carbonyl (C=O) groups is 1. The summed E-state index contributed by atoms with van der Waals surface area (Å²) < 4.78 is 0. The van der Waals surface area contributed by atoms with Crippen LogP contribution in [0.25, 0.3) is 0 Å². The zero-order valence-corrected chi connectivity index (χ0v) is 7.74. The second-order valence-corrected chi connectivity index (χ2v) is 2.66. The van der Waals surface area contributed by atoms with E-state index in [1.165, 1.54) is 14.2 Å². The molecular formula is C8H12N2O3. The summed E-state index contributed by atoms with van der Waals surface area (Å²) in [6, 6.07) is 0. The molecule has 0 N–H and O–H groups in total. The summed E-state index contributed by atoms with van der Waals surface area (Å²) >= 11 is 0. The van der Waals surface area contributed by atoms with Crippen molar-refractivity contribution in [3.05, 3.63) is 0 Å². The Morgan fingerprint density at radius 2 is 1.69 bits per heavy atom. The molecule has 1 rings (SSSR count). The van der Waals surface area contributed by atoms with Crippen LogP contribution in [0.15, 0.2) is 10.3 Å². The molecule has 0 aromatic carbocycles. The molecule has 72 valence electrons. The van der Waals surface area contributed by atoms with Gasteiger partial charge < -0.3 is 9.68 Å². The minimum absolute atomic E-state index is 0.158. The third-order valence-corrected chi connectivity index (χ3v) is 1.74. The maximum atomic E-state index is 11.1. The third kappa shape index (κ3) is 2.54. The predicted octanol–water partition coefficient (Wildman–Crippen LogP) is 0.744. The maximum absolute atomic E-state index is 11.1. The molecule has 1 aliphatic rings. The average molecular weight is 184 g/mol. The minimum atomic E-state index is 0.158. The van der Waals surface area contributed by atoms with Gasteiger partial charge in [0, 0.05) is 12.8 Å². The van der Waals surface area contributed by atoms with Gasteiger partial charge in [0.1, 0.15) is 31.4 Å². The normalized spacial score (nSPS) is 23.7. The van der Waals surface area contributed by atoms with E-state index in [1.807, 2.05) is 0 Å². The molecule has 0 atom stereocenters. The summed E-state index contributed by atoms with van der Waals surface area (Å²) in [4.78, 5) is 20.3. The van der Waals surface area contributed by atoms with E-state index in [0.29, 0.717) is 24.3 Å². The summed E-state index contributed by atoms with van der Waals surface area (Å²) in [5, 5.41) is 7.49. The van der Waals surface area contributed by atoms with Crippen LogP contribution in [0, 0.1) is 0 Å². The van der Waals surface area contributed by atoms with Gasteiger partial charge in [-0.3, -0.25) is 4.79 Å². The van der Waals surface area contributed by atoms with Crippen molar-refractivity contribution in [3.63, 3.8) is 0 Å².